The fraction of sp³-hybridized carbons (Fsp3) is 1.00. The Morgan fingerprint density at radius 2 is 2.06 bits per heavy atom. The van der Waals surface area contributed by atoms with Crippen LogP contribution in [0.4, 0.5) is 0 Å². The van der Waals surface area contributed by atoms with Crippen LogP contribution in [0.3, 0.4) is 0 Å². The summed E-state index contributed by atoms with van der Waals surface area (Å²) >= 11 is 0. The molecule has 1 saturated heterocycles. The van der Waals surface area contributed by atoms with E-state index in [4.69, 9.17) is 0 Å². The Morgan fingerprint density at radius 1 is 1.31 bits per heavy atom. The normalized spacial score (nSPS) is 28.5. The average molecular weight is 226 g/mol. The van der Waals surface area contributed by atoms with Gasteiger partial charge in [0.2, 0.25) is 0 Å². The summed E-state index contributed by atoms with van der Waals surface area (Å²) in [6, 6.07) is 2.31. The lowest BCUT2D eigenvalue weighted by molar-refractivity contribution is 0.141. The van der Waals surface area contributed by atoms with E-state index >= 15 is 0 Å². The zero-order valence-electron chi connectivity index (χ0n) is 11.6. The third kappa shape index (κ3) is 3.74. The number of unbranched alkanes of at least 4 members (excludes halogenated alkanes) is 1. The van der Waals surface area contributed by atoms with Crippen molar-refractivity contribution in [2.45, 2.75) is 77.9 Å². The first-order valence-electron chi connectivity index (χ1n) is 7.18. The lowest BCUT2D eigenvalue weighted by Gasteiger charge is -2.34. The van der Waals surface area contributed by atoms with Crippen molar-refractivity contribution in [3.05, 3.63) is 0 Å². The van der Waals surface area contributed by atoms with Crippen LogP contribution in [-0.2, 0) is 0 Å². The Morgan fingerprint density at radius 3 is 2.69 bits per heavy atom. The third-order valence-electron chi connectivity index (χ3n) is 3.98. The van der Waals surface area contributed by atoms with Crippen LogP contribution in [0, 0.1) is 0 Å². The second kappa shape index (κ2) is 7.29. The van der Waals surface area contributed by atoms with Crippen molar-refractivity contribution in [2.24, 2.45) is 0 Å². The first-order valence-corrected chi connectivity index (χ1v) is 7.18. The fourth-order valence-corrected chi connectivity index (χ4v) is 3.02. The molecule has 3 unspecified atom stereocenters. The molecule has 2 heteroatoms. The van der Waals surface area contributed by atoms with Gasteiger partial charge in [0.15, 0.2) is 0 Å². The van der Waals surface area contributed by atoms with Gasteiger partial charge < -0.3 is 5.32 Å². The molecule has 1 aliphatic rings. The first kappa shape index (κ1) is 14.0. The monoisotopic (exact) mass is 226 g/mol. The van der Waals surface area contributed by atoms with Crippen LogP contribution in [0.15, 0.2) is 0 Å². The van der Waals surface area contributed by atoms with Crippen LogP contribution in [0.25, 0.3) is 0 Å². The van der Waals surface area contributed by atoms with Crippen molar-refractivity contribution in [3.63, 3.8) is 0 Å². The number of hydrogen-bond acceptors (Lipinski definition) is 2. The molecule has 0 aromatic carbocycles. The van der Waals surface area contributed by atoms with E-state index in [0.29, 0.717) is 6.04 Å². The topological polar surface area (TPSA) is 15.3 Å². The lowest BCUT2D eigenvalue weighted by Crippen LogP contribution is -2.46. The molecule has 1 heterocycles. The molecule has 1 fully saturated rings. The van der Waals surface area contributed by atoms with Crippen LogP contribution in [0.1, 0.15) is 59.8 Å². The van der Waals surface area contributed by atoms with E-state index in [-0.39, 0.29) is 0 Å². The van der Waals surface area contributed by atoms with Crippen molar-refractivity contribution in [3.8, 4) is 0 Å². The molecule has 0 amide bonds. The van der Waals surface area contributed by atoms with Gasteiger partial charge in [0.1, 0.15) is 0 Å². The van der Waals surface area contributed by atoms with Crippen LogP contribution in [-0.4, -0.2) is 36.1 Å². The summed E-state index contributed by atoms with van der Waals surface area (Å²) in [5.74, 6) is 0. The smallest absolute Gasteiger partial charge is 0.0198 e. The molecular formula is C14H30N2. The molecule has 0 spiro atoms. The highest BCUT2D eigenvalue weighted by atomic mass is 15.2. The molecule has 0 aromatic heterocycles. The molecule has 0 aromatic rings. The molecule has 0 radical (unpaired) electrons. The molecule has 2 nitrogen and oxygen atoms in total. The van der Waals surface area contributed by atoms with E-state index in [1.54, 1.807) is 0 Å². The minimum Gasteiger partial charge on any atom is -0.315 e. The van der Waals surface area contributed by atoms with E-state index in [0.717, 1.165) is 18.6 Å². The predicted octanol–water partition coefficient (Wildman–Crippen LogP) is 3.03. The van der Waals surface area contributed by atoms with Crippen molar-refractivity contribution < 1.29 is 0 Å². The summed E-state index contributed by atoms with van der Waals surface area (Å²) in [6.07, 6.45) is 6.69. The highest BCUT2D eigenvalue weighted by Gasteiger charge is 2.32. The SMILES string of the molecule is CCCCNCC(C)N1C(C)CCC1CC. The second-order valence-electron chi connectivity index (χ2n) is 5.34. The summed E-state index contributed by atoms with van der Waals surface area (Å²) in [7, 11) is 0. The van der Waals surface area contributed by atoms with Gasteiger partial charge >= 0.3 is 0 Å². The molecule has 1 N–H and O–H groups in total. The third-order valence-corrected chi connectivity index (χ3v) is 3.98. The largest absolute Gasteiger partial charge is 0.315 e. The quantitative estimate of drug-likeness (QED) is 0.671. The fourth-order valence-electron chi connectivity index (χ4n) is 3.02. The van der Waals surface area contributed by atoms with E-state index in [9.17, 15) is 0 Å². The minimum atomic E-state index is 0.694. The highest BCUT2D eigenvalue weighted by Crippen LogP contribution is 2.27. The molecule has 1 rings (SSSR count). The maximum absolute atomic E-state index is 3.59. The minimum absolute atomic E-state index is 0.694. The Labute approximate surface area is 102 Å². The molecule has 96 valence electrons. The summed E-state index contributed by atoms with van der Waals surface area (Å²) in [4.78, 5) is 2.74. The van der Waals surface area contributed by atoms with E-state index in [2.05, 4.69) is 37.9 Å². The van der Waals surface area contributed by atoms with Crippen LogP contribution < -0.4 is 5.32 Å². The number of nitrogens with one attached hydrogen (secondary N) is 1. The van der Waals surface area contributed by atoms with Gasteiger partial charge in [0.25, 0.3) is 0 Å². The van der Waals surface area contributed by atoms with Gasteiger partial charge in [-0.05, 0) is 46.1 Å². The van der Waals surface area contributed by atoms with Gasteiger partial charge in [-0.15, -0.1) is 0 Å². The Balaban J connectivity index is 2.30. The molecular weight excluding hydrogens is 196 g/mol. The van der Waals surface area contributed by atoms with Gasteiger partial charge in [-0.1, -0.05) is 20.3 Å². The van der Waals surface area contributed by atoms with E-state index in [1.807, 2.05) is 0 Å². The van der Waals surface area contributed by atoms with Gasteiger partial charge in [0.05, 0.1) is 0 Å². The van der Waals surface area contributed by atoms with Crippen LogP contribution in [0.5, 0.6) is 0 Å². The molecule has 16 heavy (non-hydrogen) atoms. The van der Waals surface area contributed by atoms with Crippen molar-refractivity contribution in [1.82, 2.24) is 10.2 Å². The maximum atomic E-state index is 3.59. The number of hydrogen-bond donors (Lipinski definition) is 1. The summed E-state index contributed by atoms with van der Waals surface area (Å²) in [5, 5.41) is 3.59. The molecule has 0 saturated carbocycles. The molecule has 3 atom stereocenters. The predicted molar refractivity (Wildman–Crippen MR) is 71.9 cm³/mol. The molecule has 0 aliphatic carbocycles. The van der Waals surface area contributed by atoms with Crippen LogP contribution >= 0.6 is 0 Å². The summed E-state index contributed by atoms with van der Waals surface area (Å²) in [6.45, 7) is 11.7. The summed E-state index contributed by atoms with van der Waals surface area (Å²) < 4.78 is 0. The number of likely N-dealkylation sites (tertiary alicyclic amines) is 1. The van der Waals surface area contributed by atoms with Crippen molar-refractivity contribution in [1.29, 1.82) is 0 Å². The molecule has 1 aliphatic heterocycles. The van der Waals surface area contributed by atoms with Crippen molar-refractivity contribution in [2.75, 3.05) is 13.1 Å². The summed E-state index contributed by atoms with van der Waals surface area (Å²) in [5.41, 5.74) is 0. The van der Waals surface area contributed by atoms with E-state index in [1.165, 1.54) is 38.6 Å². The van der Waals surface area contributed by atoms with Crippen molar-refractivity contribution >= 4 is 0 Å². The van der Waals surface area contributed by atoms with Gasteiger partial charge in [-0.25, -0.2) is 0 Å². The second-order valence-corrected chi connectivity index (χ2v) is 5.34. The lowest BCUT2D eigenvalue weighted by atomic mass is 10.1. The first-order chi connectivity index (χ1) is 7.70. The Hall–Kier alpha value is -0.0800. The average Bonchev–Trinajstić information content (AvgIpc) is 2.65. The van der Waals surface area contributed by atoms with Gasteiger partial charge in [-0.2, -0.15) is 0 Å². The van der Waals surface area contributed by atoms with Gasteiger partial charge in [-0.3, -0.25) is 4.90 Å². The Bertz CT molecular complexity index is 182. The highest BCUT2D eigenvalue weighted by molar-refractivity contribution is 4.88. The molecule has 0 bridgehead atoms. The zero-order chi connectivity index (χ0) is 12.0. The number of rotatable bonds is 7. The number of nitrogens with zero attached hydrogens (tertiary/aromatic N) is 1. The maximum Gasteiger partial charge on any atom is 0.0198 e. The zero-order valence-corrected chi connectivity index (χ0v) is 11.6. The Kier molecular flexibility index (Phi) is 6.37. The van der Waals surface area contributed by atoms with E-state index < -0.39 is 0 Å². The van der Waals surface area contributed by atoms with Crippen LogP contribution in [0.2, 0.25) is 0 Å². The van der Waals surface area contributed by atoms with Gasteiger partial charge in [0, 0.05) is 24.7 Å². The standard InChI is InChI=1S/C14H30N2/c1-5-7-10-15-11-13(4)16-12(3)8-9-14(16)6-2/h12-15H,5-11H2,1-4H3.